The zero-order valence-electron chi connectivity index (χ0n) is 12.6. The van der Waals surface area contributed by atoms with E-state index in [4.69, 9.17) is 5.11 Å². The van der Waals surface area contributed by atoms with E-state index in [9.17, 15) is 4.21 Å². The second-order valence-corrected chi connectivity index (χ2v) is 8.48. The molecule has 0 atom stereocenters. The smallest absolute Gasteiger partial charge is 0.0471 e. The van der Waals surface area contributed by atoms with E-state index in [2.05, 4.69) is 0 Å². The number of rotatable bonds is 3. The van der Waals surface area contributed by atoms with Crippen LogP contribution >= 0.6 is 0 Å². The minimum atomic E-state index is -2.80. The van der Waals surface area contributed by atoms with Gasteiger partial charge in [0.05, 0.1) is 0 Å². The maximum absolute atomic E-state index is 14.1. The fourth-order valence-corrected chi connectivity index (χ4v) is 6.41. The molecule has 3 heteroatoms. The van der Waals surface area contributed by atoms with Gasteiger partial charge in [-0.15, -0.1) is 0 Å². The van der Waals surface area contributed by atoms with Crippen molar-refractivity contribution in [1.29, 1.82) is 0 Å². The Morgan fingerprint density at radius 2 is 1.26 bits per heavy atom. The molecule has 1 heterocycles. The number of aliphatic hydroxyl groups is 1. The summed E-state index contributed by atoms with van der Waals surface area (Å²) in [6.45, 7) is 0.128. The van der Waals surface area contributed by atoms with E-state index in [1.807, 2.05) is 72.8 Å². The van der Waals surface area contributed by atoms with Crippen molar-refractivity contribution in [2.24, 2.45) is 0 Å². The molecule has 4 rings (SSSR count). The highest BCUT2D eigenvalue weighted by atomic mass is 32.2. The summed E-state index contributed by atoms with van der Waals surface area (Å²) in [5.41, 5.74) is 3.21. The molecule has 0 saturated heterocycles. The van der Waals surface area contributed by atoms with E-state index in [1.165, 1.54) is 0 Å². The lowest BCUT2D eigenvalue weighted by atomic mass is 10.1. The van der Waals surface area contributed by atoms with Gasteiger partial charge in [-0.1, -0.05) is 48.5 Å². The number of aliphatic hydroxyl groups excluding tert-OH is 1. The largest absolute Gasteiger partial charge is 0.396 e. The molecular weight excluding hydrogens is 304 g/mol. The summed E-state index contributed by atoms with van der Waals surface area (Å²) in [6, 6.07) is 23.8. The van der Waals surface area contributed by atoms with Crippen molar-refractivity contribution in [2.75, 3.05) is 6.61 Å². The van der Waals surface area contributed by atoms with Crippen molar-refractivity contribution < 1.29 is 9.32 Å². The van der Waals surface area contributed by atoms with Crippen molar-refractivity contribution in [3.63, 3.8) is 0 Å². The summed E-state index contributed by atoms with van der Waals surface area (Å²) < 4.78 is 14.1. The number of hydrogen-bond donors (Lipinski definition) is 2. The maximum atomic E-state index is 14.1. The second kappa shape index (κ2) is 5.44. The molecule has 23 heavy (non-hydrogen) atoms. The standard InChI is InChI=1S/C20H18O2S/c21-14-13-15-9-11-16(12-10-15)23(22)19-7-3-1-5-17(19)18-6-2-4-8-20(18)23/h1-12,21,23H,13-14H2. The minimum absolute atomic E-state index is 0.128. The molecule has 0 saturated carbocycles. The first kappa shape index (κ1) is 14.4. The van der Waals surface area contributed by atoms with E-state index < -0.39 is 9.93 Å². The van der Waals surface area contributed by atoms with Crippen LogP contribution in [0.15, 0.2) is 87.5 Å². The first-order valence-corrected chi connectivity index (χ1v) is 9.46. The first-order valence-electron chi connectivity index (χ1n) is 7.75. The first-order chi connectivity index (χ1) is 11.2. The van der Waals surface area contributed by atoms with Crippen molar-refractivity contribution in [3.8, 4) is 11.1 Å². The normalized spacial score (nSPS) is 15.7. The summed E-state index contributed by atoms with van der Waals surface area (Å²) in [6.07, 6.45) is 0.623. The Bertz CT molecular complexity index is 863. The van der Waals surface area contributed by atoms with Gasteiger partial charge >= 0.3 is 0 Å². The van der Waals surface area contributed by atoms with Crippen molar-refractivity contribution in [3.05, 3.63) is 78.4 Å². The Labute approximate surface area is 136 Å². The van der Waals surface area contributed by atoms with Crippen LogP contribution in [0.25, 0.3) is 11.1 Å². The van der Waals surface area contributed by atoms with Crippen LogP contribution in [0.2, 0.25) is 0 Å². The summed E-state index contributed by atoms with van der Waals surface area (Å²) in [5.74, 6) is 0. The van der Waals surface area contributed by atoms with Gasteiger partial charge in [-0.2, -0.15) is 0 Å². The molecule has 3 aromatic rings. The lowest BCUT2D eigenvalue weighted by molar-refractivity contribution is 0.299. The maximum Gasteiger partial charge on any atom is 0.0471 e. The Hall–Kier alpha value is -2.23. The highest BCUT2D eigenvalue weighted by Gasteiger charge is 2.34. The van der Waals surface area contributed by atoms with Crippen LogP contribution in [-0.2, 0) is 16.4 Å². The Kier molecular flexibility index (Phi) is 3.40. The number of fused-ring (bicyclic) bond motifs is 3. The van der Waals surface area contributed by atoms with Crippen LogP contribution in [0.3, 0.4) is 0 Å². The molecule has 1 aliphatic heterocycles. The van der Waals surface area contributed by atoms with Crippen LogP contribution in [0.1, 0.15) is 5.56 Å². The molecule has 0 amide bonds. The average molecular weight is 322 g/mol. The molecule has 0 aliphatic carbocycles. The molecule has 1 N–H and O–H groups in total. The van der Waals surface area contributed by atoms with E-state index in [0.29, 0.717) is 6.42 Å². The van der Waals surface area contributed by atoms with Gasteiger partial charge in [-0.25, -0.2) is 0 Å². The molecule has 116 valence electrons. The highest BCUT2D eigenvalue weighted by molar-refractivity contribution is 8.03. The van der Waals surface area contributed by atoms with E-state index in [1.54, 1.807) is 0 Å². The highest BCUT2D eigenvalue weighted by Crippen LogP contribution is 2.50. The fraction of sp³-hybridized carbons (Fsp3) is 0.100. The van der Waals surface area contributed by atoms with Gasteiger partial charge in [0.2, 0.25) is 0 Å². The van der Waals surface area contributed by atoms with Gasteiger partial charge in [0.25, 0.3) is 0 Å². The van der Waals surface area contributed by atoms with Crippen LogP contribution in [0.5, 0.6) is 0 Å². The van der Waals surface area contributed by atoms with Gasteiger partial charge in [0.1, 0.15) is 0 Å². The lowest BCUT2D eigenvalue weighted by Gasteiger charge is -2.21. The lowest BCUT2D eigenvalue weighted by Crippen LogP contribution is -2.10. The van der Waals surface area contributed by atoms with Crippen LogP contribution in [-0.4, -0.2) is 15.9 Å². The Balaban J connectivity index is 1.94. The number of thiol groups is 1. The Morgan fingerprint density at radius 3 is 1.78 bits per heavy atom. The van der Waals surface area contributed by atoms with Crippen molar-refractivity contribution >= 4 is 9.93 Å². The minimum Gasteiger partial charge on any atom is -0.396 e. The van der Waals surface area contributed by atoms with Crippen molar-refractivity contribution in [2.45, 2.75) is 21.1 Å². The summed E-state index contributed by atoms with van der Waals surface area (Å²) >= 11 is 0. The molecule has 3 aromatic carbocycles. The van der Waals surface area contributed by atoms with E-state index in [-0.39, 0.29) is 6.61 Å². The molecule has 1 aliphatic rings. The van der Waals surface area contributed by atoms with Gasteiger partial charge in [-0.3, -0.25) is 4.21 Å². The van der Waals surface area contributed by atoms with Gasteiger partial charge in [0, 0.05) is 21.3 Å². The summed E-state index contributed by atoms with van der Waals surface area (Å²) in [7, 11) is -2.80. The predicted molar refractivity (Wildman–Crippen MR) is 93.4 cm³/mol. The average Bonchev–Trinajstić information content (AvgIpc) is 2.87. The zero-order chi connectivity index (χ0) is 15.9. The Morgan fingerprint density at radius 1 is 0.739 bits per heavy atom. The molecule has 0 spiro atoms. The summed E-state index contributed by atoms with van der Waals surface area (Å²) in [5, 5.41) is 9.06. The molecular formula is C20H18O2S. The molecule has 0 bridgehead atoms. The third-order valence-corrected chi connectivity index (χ3v) is 7.64. The molecule has 2 nitrogen and oxygen atoms in total. The van der Waals surface area contributed by atoms with E-state index >= 15 is 0 Å². The quantitative estimate of drug-likeness (QED) is 0.564. The third-order valence-electron chi connectivity index (χ3n) is 4.48. The zero-order valence-corrected chi connectivity index (χ0v) is 13.5. The molecule has 0 aromatic heterocycles. The van der Waals surface area contributed by atoms with E-state index in [0.717, 1.165) is 31.4 Å². The van der Waals surface area contributed by atoms with Crippen LogP contribution in [0, 0.1) is 0 Å². The van der Waals surface area contributed by atoms with Gasteiger partial charge in [-0.05, 0) is 57.3 Å². The monoisotopic (exact) mass is 322 g/mol. The summed E-state index contributed by atoms with van der Waals surface area (Å²) in [4.78, 5) is 2.71. The predicted octanol–water partition coefficient (Wildman–Crippen LogP) is 3.70. The third kappa shape index (κ3) is 2.08. The molecule has 0 radical (unpaired) electrons. The number of hydrogen-bond acceptors (Lipinski definition) is 2. The topological polar surface area (TPSA) is 37.3 Å². The molecule has 0 fully saturated rings. The SMILES string of the molecule is O=[SH]1(c2ccc(CCO)cc2)c2ccccc2-c2ccccc21. The van der Waals surface area contributed by atoms with Crippen LogP contribution < -0.4 is 0 Å². The second-order valence-electron chi connectivity index (χ2n) is 5.78. The fourth-order valence-electron chi connectivity index (χ4n) is 3.36. The van der Waals surface area contributed by atoms with Gasteiger partial charge < -0.3 is 5.11 Å². The van der Waals surface area contributed by atoms with Crippen LogP contribution in [0.4, 0.5) is 0 Å². The van der Waals surface area contributed by atoms with Crippen molar-refractivity contribution in [1.82, 2.24) is 0 Å². The molecule has 0 unspecified atom stereocenters. The number of benzene rings is 3. The van der Waals surface area contributed by atoms with Gasteiger partial charge in [0.15, 0.2) is 0 Å².